The second-order valence-corrected chi connectivity index (χ2v) is 23.3. The van der Waals surface area contributed by atoms with Crippen LogP contribution in [0.2, 0.25) is 0 Å². The van der Waals surface area contributed by atoms with Gasteiger partial charge in [-0.2, -0.15) is 0 Å². The van der Waals surface area contributed by atoms with Crippen LogP contribution >= 0.6 is 22.7 Å². The number of sulfone groups is 2. The SMILES string of the molecule is COC(=O)c1cccc(Oc2cnc(NC(=O)c3cc(Oc4ccc(S(C)(=O)=O)cc4)cc(O[C@@H](C)CO)c3)s2)c1.C[C@@H](CO)Oc1cc(Oc2ccc(S(C)(=O)=O)cc2)cc(C(=O)Nc2ncc(Oc3cccc(C(=O)O)c3)s2)c1. The van der Waals surface area contributed by atoms with E-state index in [1.807, 2.05) is 0 Å². The summed E-state index contributed by atoms with van der Waals surface area (Å²) in [6, 6.07) is 33.0. The predicted molar refractivity (Wildman–Crippen MR) is 298 cm³/mol. The number of hydrogen-bond donors (Lipinski definition) is 5. The summed E-state index contributed by atoms with van der Waals surface area (Å²) in [6.45, 7) is 2.82. The van der Waals surface area contributed by atoms with Gasteiger partial charge in [0.15, 0.2) is 29.9 Å². The molecule has 0 fully saturated rings. The summed E-state index contributed by atoms with van der Waals surface area (Å²) in [4.78, 5) is 57.8. The van der Waals surface area contributed by atoms with Crippen molar-refractivity contribution in [3.8, 4) is 56.1 Å². The molecule has 0 aliphatic heterocycles. The lowest BCUT2D eigenvalue weighted by atomic mass is 10.2. The summed E-state index contributed by atoms with van der Waals surface area (Å²) in [5.41, 5.74) is 0.735. The molecule has 0 saturated carbocycles. The van der Waals surface area contributed by atoms with E-state index >= 15 is 0 Å². The zero-order valence-electron chi connectivity index (χ0n) is 43.4. The summed E-state index contributed by atoms with van der Waals surface area (Å²) in [5.74, 6) is -0.244. The molecule has 0 spiro atoms. The van der Waals surface area contributed by atoms with Crippen molar-refractivity contribution >= 4 is 76.4 Å². The lowest BCUT2D eigenvalue weighted by Gasteiger charge is -2.15. The topological polar surface area (TPSA) is 312 Å². The number of carbonyl (C=O) groups excluding carboxylic acids is 3. The summed E-state index contributed by atoms with van der Waals surface area (Å²) in [7, 11) is -5.46. The number of rotatable bonds is 22. The van der Waals surface area contributed by atoms with Gasteiger partial charge in [0, 0.05) is 35.8 Å². The number of aliphatic hydroxyl groups is 2. The normalized spacial score (nSPS) is 11.8. The Morgan fingerprint density at radius 3 is 1.27 bits per heavy atom. The maximum atomic E-state index is 13.1. The van der Waals surface area contributed by atoms with Crippen LogP contribution in [-0.4, -0.2) is 111 Å². The lowest BCUT2D eigenvalue weighted by molar-refractivity contribution is 0.0599. The van der Waals surface area contributed by atoms with E-state index < -0.39 is 55.6 Å². The van der Waals surface area contributed by atoms with Crippen LogP contribution < -0.4 is 39.1 Å². The van der Waals surface area contributed by atoms with Gasteiger partial charge in [-0.25, -0.2) is 36.4 Å². The van der Waals surface area contributed by atoms with E-state index in [0.29, 0.717) is 38.7 Å². The minimum atomic E-state index is -3.37. The molecular weight excluding hydrogens is 1130 g/mol. The van der Waals surface area contributed by atoms with Crippen LogP contribution in [-0.2, 0) is 24.4 Å². The molecule has 2 aromatic heterocycles. The Morgan fingerprint density at radius 2 is 0.889 bits per heavy atom. The highest BCUT2D eigenvalue weighted by Crippen LogP contribution is 2.35. The molecule has 81 heavy (non-hydrogen) atoms. The van der Waals surface area contributed by atoms with E-state index in [9.17, 15) is 46.2 Å². The highest BCUT2D eigenvalue weighted by molar-refractivity contribution is 7.91. The number of carboxylic acid groups (broad SMARTS) is 1. The van der Waals surface area contributed by atoms with Gasteiger partial charge in [-0.1, -0.05) is 34.8 Å². The van der Waals surface area contributed by atoms with Crippen molar-refractivity contribution in [2.75, 3.05) is 43.5 Å². The molecule has 26 heteroatoms. The van der Waals surface area contributed by atoms with Crippen LogP contribution in [0.3, 0.4) is 0 Å². The summed E-state index contributed by atoms with van der Waals surface area (Å²) in [6.07, 6.45) is 3.93. The molecule has 422 valence electrons. The first-order chi connectivity index (χ1) is 38.5. The van der Waals surface area contributed by atoms with Gasteiger partial charge in [0.25, 0.3) is 11.8 Å². The van der Waals surface area contributed by atoms with Gasteiger partial charge < -0.3 is 48.5 Å². The predicted octanol–water partition coefficient (Wildman–Crippen LogP) is 9.77. The zero-order valence-corrected chi connectivity index (χ0v) is 46.7. The van der Waals surface area contributed by atoms with Crippen molar-refractivity contribution in [3.63, 3.8) is 0 Å². The zero-order chi connectivity index (χ0) is 58.4. The van der Waals surface area contributed by atoms with Crippen molar-refractivity contribution in [1.82, 2.24) is 9.97 Å². The van der Waals surface area contributed by atoms with Crippen LogP contribution in [0.5, 0.6) is 56.1 Å². The molecular formula is C55H50N4O18S4. The minimum absolute atomic E-state index is 0.0671. The molecule has 6 aromatic carbocycles. The monoisotopic (exact) mass is 1180 g/mol. The van der Waals surface area contributed by atoms with E-state index in [1.165, 1.54) is 117 Å². The molecule has 0 saturated heterocycles. The number of methoxy groups -OCH3 is 1. The first kappa shape index (κ1) is 59.7. The molecule has 0 bridgehead atoms. The number of ether oxygens (including phenoxy) is 7. The fourth-order valence-electron chi connectivity index (χ4n) is 6.78. The Bertz CT molecular complexity index is 3780. The highest BCUT2D eigenvalue weighted by Gasteiger charge is 2.19. The molecule has 2 heterocycles. The van der Waals surface area contributed by atoms with Gasteiger partial charge in [0.05, 0.1) is 53.6 Å². The third kappa shape index (κ3) is 17.5. The van der Waals surface area contributed by atoms with Crippen molar-refractivity contribution in [2.45, 2.75) is 35.8 Å². The Morgan fingerprint density at radius 1 is 0.506 bits per heavy atom. The number of carboxylic acids is 1. The lowest BCUT2D eigenvalue weighted by Crippen LogP contribution is -2.17. The van der Waals surface area contributed by atoms with Crippen LogP contribution in [0.4, 0.5) is 10.3 Å². The number of nitrogens with one attached hydrogen (secondary N) is 2. The standard InChI is InChI=1S/C28H26N2O9S2.C27H24N2O9S2/c1-17(16-31)37-22-12-19(13-23(14-22)38-20-7-9-24(10-8-20)41(3,34)35)26(32)30-28-29-15-25(40-28)39-21-6-4-5-18(11-21)27(33)36-2;1-16(15-30)36-21-11-18(12-22(13-21)37-19-6-8-23(9-7-19)40(2,34)35)25(31)29-27-28-14-24(39-27)38-20-5-3-4-17(10-20)26(32)33/h4-15,17,31H,16H2,1-3H3,(H,29,30,32);3-14,16,30H,15H2,1-2H3,(H,32,33)(H,28,29,31)/t17-;16-/m00/s1. The molecule has 8 rings (SSSR count). The number of carbonyl (C=O) groups is 4. The molecule has 2 amide bonds. The average Bonchev–Trinajstić information content (AvgIpc) is 4.10. The average molecular weight is 1180 g/mol. The van der Waals surface area contributed by atoms with Gasteiger partial charge >= 0.3 is 11.9 Å². The van der Waals surface area contributed by atoms with Crippen molar-refractivity contribution in [2.24, 2.45) is 0 Å². The number of aliphatic hydroxyl groups excluding tert-OH is 2. The fourth-order valence-corrected chi connectivity index (χ4v) is 9.40. The van der Waals surface area contributed by atoms with Gasteiger partial charge in [-0.15, -0.1) is 0 Å². The Labute approximate surface area is 471 Å². The van der Waals surface area contributed by atoms with E-state index in [1.54, 1.807) is 50.2 Å². The van der Waals surface area contributed by atoms with Crippen LogP contribution in [0.25, 0.3) is 0 Å². The largest absolute Gasteiger partial charge is 0.488 e. The summed E-state index contributed by atoms with van der Waals surface area (Å²) in [5, 5.41) is 34.5. The number of hydrogen-bond acceptors (Lipinski definition) is 21. The number of benzene rings is 6. The summed E-state index contributed by atoms with van der Waals surface area (Å²) < 4.78 is 86.2. The van der Waals surface area contributed by atoms with E-state index in [0.717, 1.165) is 35.2 Å². The maximum Gasteiger partial charge on any atom is 0.337 e. The van der Waals surface area contributed by atoms with Crippen LogP contribution in [0.15, 0.2) is 156 Å². The molecule has 0 aliphatic carbocycles. The van der Waals surface area contributed by atoms with Crippen molar-refractivity contribution in [1.29, 1.82) is 0 Å². The van der Waals surface area contributed by atoms with E-state index in [2.05, 4.69) is 20.6 Å². The molecule has 0 aliphatic rings. The number of amides is 2. The molecule has 8 aromatic rings. The van der Waals surface area contributed by atoms with E-state index in [-0.39, 0.29) is 73.0 Å². The molecule has 22 nitrogen and oxygen atoms in total. The van der Waals surface area contributed by atoms with Crippen LogP contribution in [0, 0.1) is 0 Å². The quantitative estimate of drug-likeness (QED) is 0.0394. The number of aromatic carboxylic acids is 1. The smallest absolute Gasteiger partial charge is 0.337 e. The molecule has 0 unspecified atom stereocenters. The number of aromatic nitrogens is 2. The fraction of sp³-hybridized carbons (Fsp3) is 0.164. The first-order valence-corrected chi connectivity index (χ1v) is 29.2. The summed E-state index contributed by atoms with van der Waals surface area (Å²) >= 11 is 2.11. The van der Waals surface area contributed by atoms with Crippen LogP contribution in [0.1, 0.15) is 55.3 Å². The van der Waals surface area contributed by atoms with Gasteiger partial charge in [0.1, 0.15) is 58.2 Å². The third-order valence-electron chi connectivity index (χ3n) is 10.6. The van der Waals surface area contributed by atoms with E-state index in [4.69, 9.17) is 38.3 Å². The second-order valence-electron chi connectivity index (χ2n) is 17.2. The maximum absolute atomic E-state index is 13.1. The van der Waals surface area contributed by atoms with Gasteiger partial charge in [0.2, 0.25) is 10.1 Å². The number of thiazole rings is 2. The molecule has 5 N–H and O–H groups in total. The van der Waals surface area contributed by atoms with Gasteiger partial charge in [-0.05, 0) is 123 Å². The number of nitrogens with zero attached hydrogens (tertiary/aromatic N) is 2. The Hall–Kier alpha value is -8.92. The van der Waals surface area contributed by atoms with Crippen molar-refractivity contribution in [3.05, 3.63) is 168 Å². The van der Waals surface area contributed by atoms with Gasteiger partial charge in [-0.3, -0.25) is 20.2 Å². The minimum Gasteiger partial charge on any atom is -0.488 e. The number of anilines is 2. The Balaban J connectivity index is 0.000000234. The Kier molecular flexibility index (Phi) is 19.8. The highest BCUT2D eigenvalue weighted by atomic mass is 32.2. The van der Waals surface area contributed by atoms with Crippen molar-refractivity contribution < 1.29 is 84.5 Å². The molecule has 2 atom stereocenters. The first-order valence-electron chi connectivity index (χ1n) is 23.8. The number of esters is 1. The second kappa shape index (κ2) is 26.8. The third-order valence-corrected chi connectivity index (χ3v) is 14.5. The molecule has 0 radical (unpaired) electrons.